The Labute approximate surface area is 63.9 Å². The zero-order chi connectivity index (χ0) is 7.82. The van der Waals surface area contributed by atoms with Gasteiger partial charge < -0.3 is 0 Å². The molecule has 1 nitrogen and oxygen atoms in total. The molecule has 0 saturated carbocycles. The normalized spacial score (nSPS) is 12.9. The summed E-state index contributed by atoms with van der Waals surface area (Å²) in [6.45, 7) is 4.22. The molecular weight excluding hydrogens is 122 g/mol. The summed E-state index contributed by atoms with van der Waals surface area (Å²) in [5, 5.41) is 0. The molecule has 1 heteroatoms. The first-order valence-electron chi connectivity index (χ1n) is 3.91. The molecule has 0 aromatic rings. The predicted octanol–water partition coefficient (Wildman–Crippen LogP) is 2.82. The SMILES string of the molecule is CCCC/C=C\C(C)=NC. The first kappa shape index (κ1) is 9.41. The quantitative estimate of drug-likeness (QED) is 0.419. The molecule has 0 N–H and O–H groups in total. The molecule has 0 amide bonds. The first-order chi connectivity index (χ1) is 4.81. The van der Waals surface area contributed by atoms with Crippen molar-refractivity contribution in [2.24, 2.45) is 4.99 Å². The van der Waals surface area contributed by atoms with E-state index in [1.54, 1.807) is 0 Å². The second kappa shape index (κ2) is 6.53. The second-order valence-corrected chi connectivity index (χ2v) is 2.41. The second-order valence-electron chi connectivity index (χ2n) is 2.41. The van der Waals surface area contributed by atoms with Gasteiger partial charge in [-0.15, -0.1) is 0 Å². The van der Waals surface area contributed by atoms with Crippen molar-refractivity contribution in [3.63, 3.8) is 0 Å². The average Bonchev–Trinajstić information content (AvgIpc) is 1.98. The van der Waals surface area contributed by atoms with Crippen LogP contribution in [0.1, 0.15) is 33.1 Å². The molecule has 10 heavy (non-hydrogen) atoms. The van der Waals surface area contributed by atoms with Crippen molar-refractivity contribution in [1.82, 2.24) is 0 Å². The number of allylic oxidation sites excluding steroid dienone is 2. The summed E-state index contributed by atoms with van der Waals surface area (Å²) in [6.07, 6.45) is 8.00. The van der Waals surface area contributed by atoms with Gasteiger partial charge in [0.15, 0.2) is 0 Å². The lowest BCUT2D eigenvalue weighted by atomic mass is 10.2. The van der Waals surface area contributed by atoms with E-state index < -0.39 is 0 Å². The van der Waals surface area contributed by atoms with Gasteiger partial charge in [0.1, 0.15) is 0 Å². The molecule has 0 aromatic carbocycles. The third-order valence-electron chi connectivity index (χ3n) is 1.44. The summed E-state index contributed by atoms with van der Waals surface area (Å²) in [5.41, 5.74) is 1.11. The molecule has 0 radical (unpaired) electrons. The van der Waals surface area contributed by atoms with Gasteiger partial charge in [0, 0.05) is 12.8 Å². The van der Waals surface area contributed by atoms with Crippen LogP contribution in [-0.2, 0) is 0 Å². The van der Waals surface area contributed by atoms with Crippen molar-refractivity contribution < 1.29 is 0 Å². The maximum Gasteiger partial charge on any atom is 0.0310 e. The monoisotopic (exact) mass is 139 g/mol. The third kappa shape index (κ3) is 5.54. The number of unbranched alkanes of at least 4 members (excludes halogenated alkanes) is 2. The molecule has 0 unspecified atom stereocenters. The van der Waals surface area contributed by atoms with Gasteiger partial charge in [0.25, 0.3) is 0 Å². The van der Waals surface area contributed by atoms with E-state index in [-0.39, 0.29) is 0 Å². The Morgan fingerprint density at radius 2 is 2.20 bits per heavy atom. The Kier molecular flexibility index (Phi) is 6.14. The molecule has 0 spiro atoms. The van der Waals surface area contributed by atoms with Crippen molar-refractivity contribution in [1.29, 1.82) is 0 Å². The molecule has 0 heterocycles. The Hall–Kier alpha value is -0.590. The average molecular weight is 139 g/mol. The highest BCUT2D eigenvalue weighted by Crippen LogP contribution is 1.94. The van der Waals surface area contributed by atoms with E-state index in [4.69, 9.17) is 0 Å². The summed E-state index contributed by atoms with van der Waals surface area (Å²) in [7, 11) is 1.82. The number of hydrogen-bond acceptors (Lipinski definition) is 1. The molecule has 0 rings (SSSR count). The zero-order valence-corrected chi connectivity index (χ0v) is 7.22. The fraction of sp³-hybridized carbons (Fsp3) is 0.667. The van der Waals surface area contributed by atoms with Crippen LogP contribution in [0.5, 0.6) is 0 Å². The highest BCUT2D eigenvalue weighted by Gasteiger charge is 1.79. The zero-order valence-electron chi connectivity index (χ0n) is 7.22. The minimum absolute atomic E-state index is 1.11. The fourth-order valence-electron chi connectivity index (χ4n) is 0.650. The van der Waals surface area contributed by atoms with Crippen LogP contribution < -0.4 is 0 Å². The van der Waals surface area contributed by atoms with Crippen molar-refractivity contribution in [3.05, 3.63) is 12.2 Å². The lowest BCUT2D eigenvalue weighted by Gasteiger charge is -1.88. The molecule has 0 aliphatic rings. The highest BCUT2D eigenvalue weighted by molar-refractivity contribution is 5.92. The Balaban J connectivity index is 3.37. The van der Waals surface area contributed by atoms with Crippen LogP contribution in [0.15, 0.2) is 17.1 Å². The molecule has 58 valence electrons. The number of nitrogens with zero attached hydrogens (tertiary/aromatic N) is 1. The lowest BCUT2D eigenvalue weighted by molar-refractivity contribution is 0.815. The van der Waals surface area contributed by atoms with Crippen LogP contribution in [0, 0.1) is 0 Å². The van der Waals surface area contributed by atoms with Gasteiger partial charge in [-0.25, -0.2) is 0 Å². The van der Waals surface area contributed by atoms with Crippen LogP contribution in [0.4, 0.5) is 0 Å². The smallest absolute Gasteiger partial charge is 0.0310 e. The van der Waals surface area contributed by atoms with E-state index in [0.29, 0.717) is 0 Å². The number of aliphatic imine (C=N–C) groups is 1. The molecule has 0 atom stereocenters. The maximum absolute atomic E-state index is 4.02. The Morgan fingerprint density at radius 3 is 2.70 bits per heavy atom. The summed E-state index contributed by atoms with van der Waals surface area (Å²) < 4.78 is 0. The number of hydrogen-bond donors (Lipinski definition) is 0. The molecule has 0 saturated heterocycles. The van der Waals surface area contributed by atoms with E-state index in [0.717, 1.165) is 5.71 Å². The number of rotatable bonds is 4. The van der Waals surface area contributed by atoms with Crippen molar-refractivity contribution in [2.75, 3.05) is 7.05 Å². The molecule has 0 fully saturated rings. The molecular formula is C9H17N. The maximum atomic E-state index is 4.02. The van der Waals surface area contributed by atoms with Crippen LogP contribution in [0.25, 0.3) is 0 Å². The Bertz CT molecular complexity index is 123. The van der Waals surface area contributed by atoms with Gasteiger partial charge in [0.2, 0.25) is 0 Å². The molecule has 0 aliphatic heterocycles. The van der Waals surface area contributed by atoms with Crippen LogP contribution in [-0.4, -0.2) is 12.8 Å². The highest BCUT2D eigenvalue weighted by atomic mass is 14.7. The van der Waals surface area contributed by atoms with E-state index in [2.05, 4.69) is 24.1 Å². The van der Waals surface area contributed by atoms with Gasteiger partial charge in [0.05, 0.1) is 0 Å². The van der Waals surface area contributed by atoms with Gasteiger partial charge >= 0.3 is 0 Å². The van der Waals surface area contributed by atoms with E-state index >= 15 is 0 Å². The summed E-state index contributed by atoms with van der Waals surface area (Å²) in [4.78, 5) is 4.02. The van der Waals surface area contributed by atoms with Crippen molar-refractivity contribution in [2.45, 2.75) is 33.1 Å². The van der Waals surface area contributed by atoms with Crippen molar-refractivity contribution in [3.8, 4) is 0 Å². The van der Waals surface area contributed by atoms with Crippen LogP contribution in [0.2, 0.25) is 0 Å². The van der Waals surface area contributed by atoms with Gasteiger partial charge in [-0.2, -0.15) is 0 Å². The lowest BCUT2D eigenvalue weighted by Crippen LogP contribution is -1.81. The van der Waals surface area contributed by atoms with Crippen LogP contribution in [0.3, 0.4) is 0 Å². The largest absolute Gasteiger partial charge is 0.293 e. The van der Waals surface area contributed by atoms with Gasteiger partial charge in [-0.1, -0.05) is 25.8 Å². The Morgan fingerprint density at radius 1 is 1.50 bits per heavy atom. The van der Waals surface area contributed by atoms with E-state index in [1.165, 1.54) is 19.3 Å². The van der Waals surface area contributed by atoms with Crippen molar-refractivity contribution >= 4 is 5.71 Å². The van der Waals surface area contributed by atoms with Crippen LogP contribution >= 0.6 is 0 Å². The third-order valence-corrected chi connectivity index (χ3v) is 1.44. The van der Waals surface area contributed by atoms with E-state index in [9.17, 15) is 0 Å². The van der Waals surface area contributed by atoms with E-state index in [1.807, 2.05) is 14.0 Å². The summed E-state index contributed by atoms with van der Waals surface area (Å²) >= 11 is 0. The molecule has 0 bridgehead atoms. The summed E-state index contributed by atoms with van der Waals surface area (Å²) in [5.74, 6) is 0. The standard InChI is InChI=1S/C9H17N/c1-4-5-6-7-8-9(2)10-3/h7-8H,4-6H2,1-3H3/b8-7-,10-9?. The minimum atomic E-state index is 1.11. The van der Waals surface area contributed by atoms with Gasteiger partial charge in [-0.3, -0.25) is 4.99 Å². The molecule has 0 aromatic heterocycles. The van der Waals surface area contributed by atoms with Gasteiger partial charge in [-0.05, 0) is 19.4 Å². The summed E-state index contributed by atoms with van der Waals surface area (Å²) in [6, 6.07) is 0. The molecule has 0 aliphatic carbocycles. The first-order valence-corrected chi connectivity index (χ1v) is 3.91. The topological polar surface area (TPSA) is 12.4 Å². The predicted molar refractivity (Wildman–Crippen MR) is 47.7 cm³/mol. The minimum Gasteiger partial charge on any atom is -0.293 e. The fourth-order valence-corrected chi connectivity index (χ4v) is 0.650.